The molecule has 1 aromatic heterocycles. The summed E-state index contributed by atoms with van der Waals surface area (Å²) in [7, 11) is 1.65. The molecule has 0 aliphatic heterocycles. The zero-order valence-corrected chi connectivity index (χ0v) is 12.3. The van der Waals surface area contributed by atoms with E-state index in [2.05, 4.69) is 5.10 Å². The SMILES string of the molecule is CCCOc1ccc(Oc2c(C(=O)O)c(C)nn2C)cc1. The van der Waals surface area contributed by atoms with Gasteiger partial charge < -0.3 is 14.6 Å². The van der Waals surface area contributed by atoms with E-state index in [0.29, 0.717) is 18.1 Å². The van der Waals surface area contributed by atoms with Crippen LogP contribution in [0.3, 0.4) is 0 Å². The number of carboxylic acids is 1. The van der Waals surface area contributed by atoms with Crippen molar-refractivity contribution < 1.29 is 19.4 Å². The number of nitrogens with zero attached hydrogens (tertiary/aromatic N) is 2. The van der Waals surface area contributed by atoms with Gasteiger partial charge in [-0.05, 0) is 37.6 Å². The Morgan fingerprint density at radius 1 is 1.29 bits per heavy atom. The highest BCUT2D eigenvalue weighted by molar-refractivity contribution is 5.91. The van der Waals surface area contributed by atoms with Crippen LogP contribution in [0.5, 0.6) is 17.4 Å². The second-order valence-corrected chi connectivity index (χ2v) is 4.62. The van der Waals surface area contributed by atoms with Crippen molar-refractivity contribution in [1.29, 1.82) is 0 Å². The number of aryl methyl sites for hydroxylation is 2. The Morgan fingerprint density at radius 3 is 2.48 bits per heavy atom. The maximum Gasteiger partial charge on any atom is 0.343 e. The number of carboxylic acid groups (broad SMARTS) is 1. The fourth-order valence-electron chi connectivity index (χ4n) is 1.94. The van der Waals surface area contributed by atoms with E-state index in [9.17, 15) is 9.90 Å². The Bertz CT molecular complexity index is 632. The molecule has 0 radical (unpaired) electrons. The van der Waals surface area contributed by atoms with Gasteiger partial charge in [0.15, 0.2) is 0 Å². The zero-order valence-electron chi connectivity index (χ0n) is 12.3. The molecule has 6 nitrogen and oxygen atoms in total. The first-order chi connectivity index (χ1) is 10.0. The zero-order chi connectivity index (χ0) is 15.4. The number of aromatic carboxylic acids is 1. The average molecular weight is 290 g/mol. The monoisotopic (exact) mass is 290 g/mol. The lowest BCUT2D eigenvalue weighted by Gasteiger charge is -2.08. The summed E-state index contributed by atoms with van der Waals surface area (Å²) in [5.41, 5.74) is 0.492. The highest BCUT2D eigenvalue weighted by Crippen LogP contribution is 2.28. The van der Waals surface area contributed by atoms with Gasteiger partial charge in [0.25, 0.3) is 0 Å². The number of rotatable bonds is 6. The Morgan fingerprint density at radius 2 is 1.90 bits per heavy atom. The third-order valence-electron chi connectivity index (χ3n) is 2.89. The molecule has 0 unspecified atom stereocenters. The molecule has 0 aliphatic rings. The largest absolute Gasteiger partial charge is 0.494 e. The number of hydrogen-bond acceptors (Lipinski definition) is 4. The van der Waals surface area contributed by atoms with Crippen LogP contribution in [-0.2, 0) is 7.05 Å². The molecule has 0 amide bonds. The van der Waals surface area contributed by atoms with E-state index in [4.69, 9.17) is 9.47 Å². The average Bonchev–Trinajstić information content (AvgIpc) is 2.72. The van der Waals surface area contributed by atoms with Crippen LogP contribution in [0, 0.1) is 6.92 Å². The lowest BCUT2D eigenvalue weighted by Crippen LogP contribution is -2.02. The first-order valence-corrected chi connectivity index (χ1v) is 6.70. The Hall–Kier alpha value is -2.50. The highest BCUT2D eigenvalue weighted by atomic mass is 16.5. The lowest BCUT2D eigenvalue weighted by molar-refractivity contribution is 0.0693. The Balaban J connectivity index is 2.20. The molecule has 0 spiro atoms. The van der Waals surface area contributed by atoms with Crippen LogP contribution in [0.15, 0.2) is 24.3 Å². The summed E-state index contributed by atoms with van der Waals surface area (Å²) in [6, 6.07) is 7.04. The second kappa shape index (κ2) is 6.30. The van der Waals surface area contributed by atoms with Crippen LogP contribution >= 0.6 is 0 Å². The highest BCUT2D eigenvalue weighted by Gasteiger charge is 2.21. The molecule has 6 heteroatoms. The molecule has 0 bridgehead atoms. The third-order valence-corrected chi connectivity index (χ3v) is 2.89. The summed E-state index contributed by atoms with van der Waals surface area (Å²) in [6.07, 6.45) is 0.939. The van der Waals surface area contributed by atoms with E-state index >= 15 is 0 Å². The van der Waals surface area contributed by atoms with E-state index < -0.39 is 5.97 Å². The number of ether oxygens (including phenoxy) is 2. The molecule has 0 saturated carbocycles. The minimum Gasteiger partial charge on any atom is -0.494 e. The molecule has 2 rings (SSSR count). The van der Waals surface area contributed by atoms with Crippen molar-refractivity contribution in [3.63, 3.8) is 0 Å². The van der Waals surface area contributed by atoms with Gasteiger partial charge >= 0.3 is 5.97 Å². The van der Waals surface area contributed by atoms with E-state index in [1.54, 1.807) is 38.2 Å². The van der Waals surface area contributed by atoms with Gasteiger partial charge in [-0.2, -0.15) is 5.10 Å². The lowest BCUT2D eigenvalue weighted by atomic mass is 10.2. The first-order valence-electron chi connectivity index (χ1n) is 6.70. The van der Waals surface area contributed by atoms with Crippen molar-refractivity contribution in [2.24, 2.45) is 7.05 Å². The molecule has 1 aromatic carbocycles. The maximum atomic E-state index is 11.3. The molecular formula is C15H18N2O4. The number of benzene rings is 1. The van der Waals surface area contributed by atoms with Crippen molar-refractivity contribution in [3.05, 3.63) is 35.5 Å². The summed E-state index contributed by atoms with van der Waals surface area (Å²) < 4.78 is 12.5. The van der Waals surface area contributed by atoms with Gasteiger partial charge in [0.1, 0.15) is 17.1 Å². The molecule has 21 heavy (non-hydrogen) atoms. The molecule has 2 aromatic rings. The van der Waals surface area contributed by atoms with Gasteiger partial charge in [-0.15, -0.1) is 0 Å². The second-order valence-electron chi connectivity index (χ2n) is 4.62. The molecule has 0 saturated heterocycles. The van der Waals surface area contributed by atoms with Crippen molar-refractivity contribution in [3.8, 4) is 17.4 Å². The van der Waals surface area contributed by atoms with Gasteiger partial charge in [0.05, 0.1) is 12.3 Å². The van der Waals surface area contributed by atoms with Crippen molar-refractivity contribution in [2.45, 2.75) is 20.3 Å². The number of hydrogen-bond donors (Lipinski definition) is 1. The fourth-order valence-corrected chi connectivity index (χ4v) is 1.94. The number of carbonyl (C=O) groups is 1. The van der Waals surface area contributed by atoms with Crippen LogP contribution in [0.25, 0.3) is 0 Å². The van der Waals surface area contributed by atoms with Crippen molar-refractivity contribution in [1.82, 2.24) is 9.78 Å². The van der Waals surface area contributed by atoms with Crippen molar-refractivity contribution in [2.75, 3.05) is 6.61 Å². The summed E-state index contributed by atoms with van der Waals surface area (Å²) in [6.45, 7) is 4.33. The minimum absolute atomic E-state index is 0.0730. The summed E-state index contributed by atoms with van der Waals surface area (Å²) in [4.78, 5) is 11.3. The summed E-state index contributed by atoms with van der Waals surface area (Å²) >= 11 is 0. The maximum absolute atomic E-state index is 11.3. The van der Waals surface area contributed by atoms with Crippen LogP contribution < -0.4 is 9.47 Å². The molecule has 0 fully saturated rings. The van der Waals surface area contributed by atoms with Crippen LogP contribution in [-0.4, -0.2) is 27.5 Å². The van der Waals surface area contributed by atoms with Crippen LogP contribution in [0.1, 0.15) is 29.4 Å². The van der Waals surface area contributed by atoms with E-state index in [1.165, 1.54) is 4.68 Å². The molecule has 0 aliphatic carbocycles. The predicted molar refractivity (Wildman–Crippen MR) is 77.2 cm³/mol. The molecule has 0 atom stereocenters. The smallest absolute Gasteiger partial charge is 0.343 e. The summed E-state index contributed by atoms with van der Waals surface area (Å²) in [5, 5.41) is 13.3. The standard InChI is InChI=1S/C15H18N2O4/c1-4-9-20-11-5-7-12(8-6-11)21-14-13(15(18)19)10(2)16-17(14)3/h5-8H,4,9H2,1-3H3,(H,18,19). The molecule has 1 N–H and O–H groups in total. The number of aromatic nitrogens is 2. The van der Waals surface area contributed by atoms with Gasteiger partial charge in [-0.1, -0.05) is 6.92 Å². The van der Waals surface area contributed by atoms with Gasteiger partial charge in [-0.3, -0.25) is 0 Å². The third kappa shape index (κ3) is 3.34. The first kappa shape index (κ1) is 14.9. The van der Waals surface area contributed by atoms with Gasteiger partial charge in [-0.25, -0.2) is 9.48 Å². The predicted octanol–water partition coefficient (Wildman–Crippen LogP) is 3.01. The molecule has 1 heterocycles. The Kier molecular flexibility index (Phi) is 4.47. The molecular weight excluding hydrogens is 272 g/mol. The fraction of sp³-hybridized carbons (Fsp3) is 0.333. The van der Waals surface area contributed by atoms with E-state index in [1.807, 2.05) is 6.92 Å². The normalized spacial score (nSPS) is 10.4. The quantitative estimate of drug-likeness (QED) is 0.885. The van der Waals surface area contributed by atoms with Gasteiger partial charge in [0.2, 0.25) is 5.88 Å². The minimum atomic E-state index is -1.06. The van der Waals surface area contributed by atoms with Crippen molar-refractivity contribution >= 4 is 5.97 Å². The van der Waals surface area contributed by atoms with E-state index in [0.717, 1.165) is 12.2 Å². The van der Waals surface area contributed by atoms with Crippen LogP contribution in [0.4, 0.5) is 0 Å². The van der Waals surface area contributed by atoms with Crippen LogP contribution in [0.2, 0.25) is 0 Å². The van der Waals surface area contributed by atoms with E-state index in [-0.39, 0.29) is 11.4 Å². The summed E-state index contributed by atoms with van der Waals surface area (Å²) in [5.74, 6) is 0.439. The van der Waals surface area contributed by atoms with Gasteiger partial charge in [0, 0.05) is 7.05 Å². The molecule has 112 valence electrons. The Labute approximate surface area is 122 Å². The topological polar surface area (TPSA) is 73.6 Å².